The van der Waals surface area contributed by atoms with Crippen LogP contribution in [0, 0.1) is 0 Å². The molecule has 0 amide bonds. The smallest absolute Gasteiger partial charge is 0.0357 e. The van der Waals surface area contributed by atoms with Gasteiger partial charge in [-0.25, -0.2) is 0 Å². The molecular formula is C6H9Br2Cl. The van der Waals surface area contributed by atoms with Crippen molar-refractivity contribution >= 4 is 43.5 Å². The summed E-state index contributed by atoms with van der Waals surface area (Å²) >= 11 is 13.1. The largest absolute Gasteiger partial charge is 0.123 e. The highest BCUT2D eigenvalue weighted by molar-refractivity contribution is 9.10. The van der Waals surface area contributed by atoms with Crippen LogP contribution in [-0.2, 0) is 0 Å². The third kappa shape index (κ3) is 2.77. The molecule has 0 aromatic heterocycles. The number of alkyl halides is 3. The molecule has 1 rings (SSSR count). The highest BCUT2D eigenvalue weighted by Gasteiger charge is 2.23. The van der Waals surface area contributed by atoms with Crippen molar-refractivity contribution in [1.82, 2.24) is 0 Å². The molecule has 0 aromatic rings. The summed E-state index contributed by atoms with van der Waals surface area (Å²) in [5, 5.41) is 0.368. The van der Waals surface area contributed by atoms with Crippen molar-refractivity contribution in [1.29, 1.82) is 0 Å². The highest BCUT2D eigenvalue weighted by atomic mass is 79.9. The first-order valence-electron chi connectivity index (χ1n) is 3.10. The highest BCUT2D eigenvalue weighted by Crippen LogP contribution is 2.31. The van der Waals surface area contributed by atoms with Crippen molar-refractivity contribution in [2.75, 3.05) is 0 Å². The fraction of sp³-hybridized carbons (Fsp3) is 1.00. The van der Waals surface area contributed by atoms with Crippen molar-refractivity contribution in [3.63, 3.8) is 0 Å². The average molecular weight is 276 g/mol. The van der Waals surface area contributed by atoms with Gasteiger partial charge in [0.1, 0.15) is 0 Å². The monoisotopic (exact) mass is 274 g/mol. The molecule has 1 aliphatic rings. The molecule has 1 fully saturated rings. The van der Waals surface area contributed by atoms with Gasteiger partial charge in [-0.15, -0.1) is 11.6 Å². The van der Waals surface area contributed by atoms with Gasteiger partial charge in [-0.1, -0.05) is 31.9 Å². The van der Waals surface area contributed by atoms with E-state index in [4.69, 9.17) is 11.6 Å². The molecule has 0 heterocycles. The van der Waals surface area contributed by atoms with Crippen LogP contribution in [0.2, 0.25) is 0 Å². The van der Waals surface area contributed by atoms with Gasteiger partial charge in [-0.05, 0) is 19.3 Å². The van der Waals surface area contributed by atoms with Crippen molar-refractivity contribution < 1.29 is 0 Å². The Labute approximate surface area is 77.6 Å². The van der Waals surface area contributed by atoms with E-state index in [-0.39, 0.29) is 0 Å². The van der Waals surface area contributed by atoms with Crippen LogP contribution in [0.3, 0.4) is 0 Å². The van der Waals surface area contributed by atoms with E-state index in [1.54, 1.807) is 0 Å². The van der Waals surface area contributed by atoms with Crippen LogP contribution in [0.4, 0.5) is 0 Å². The van der Waals surface area contributed by atoms with E-state index >= 15 is 0 Å². The van der Waals surface area contributed by atoms with Crippen LogP contribution in [0.5, 0.6) is 0 Å². The predicted molar refractivity (Wildman–Crippen MR) is 48.9 cm³/mol. The third-order valence-electron chi connectivity index (χ3n) is 1.53. The Balaban J connectivity index is 2.34. The molecular weight excluding hydrogens is 267 g/mol. The second-order valence-corrected chi connectivity index (χ2v) is 5.71. The molecule has 0 bridgehead atoms. The minimum absolute atomic E-state index is 0.368. The summed E-state index contributed by atoms with van der Waals surface area (Å²) in [6.07, 6.45) is 3.44. The Kier molecular flexibility index (Phi) is 3.33. The molecule has 1 saturated carbocycles. The first kappa shape index (κ1) is 8.35. The normalized spacial score (nSPS) is 45.0. The van der Waals surface area contributed by atoms with E-state index < -0.39 is 0 Å². The van der Waals surface area contributed by atoms with Gasteiger partial charge in [0.25, 0.3) is 0 Å². The first-order valence-corrected chi connectivity index (χ1v) is 5.37. The molecule has 2 unspecified atom stereocenters. The van der Waals surface area contributed by atoms with Gasteiger partial charge < -0.3 is 0 Å². The van der Waals surface area contributed by atoms with E-state index in [1.807, 2.05) is 0 Å². The van der Waals surface area contributed by atoms with Gasteiger partial charge in [-0.2, -0.15) is 0 Å². The Morgan fingerprint density at radius 2 is 1.44 bits per heavy atom. The van der Waals surface area contributed by atoms with Crippen molar-refractivity contribution in [2.24, 2.45) is 0 Å². The fourth-order valence-electron chi connectivity index (χ4n) is 1.12. The molecule has 0 aromatic carbocycles. The summed E-state index contributed by atoms with van der Waals surface area (Å²) in [7, 11) is 0. The molecule has 0 spiro atoms. The summed E-state index contributed by atoms with van der Waals surface area (Å²) in [6.45, 7) is 0. The number of halogens is 3. The molecule has 1 aliphatic carbocycles. The number of hydrogen-bond acceptors (Lipinski definition) is 0. The van der Waals surface area contributed by atoms with Gasteiger partial charge in [0.15, 0.2) is 0 Å². The summed E-state index contributed by atoms with van der Waals surface area (Å²) < 4.78 is 0. The van der Waals surface area contributed by atoms with Crippen LogP contribution >= 0.6 is 43.5 Å². The van der Waals surface area contributed by atoms with Crippen molar-refractivity contribution in [2.45, 2.75) is 34.3 Å². The van der Waals surface area contributed by atoms with Crippen molar-refractivity contribution in [3.8, 4) is 0 Å². The van der Waals surface area contributed by atoms with Crippen LogP contribution < -0.4 is 0 Å². The van der Waals surface area contributed by atoms with Gasteiger partial charge in [0.2, 0.25) is 0 Å². The minimum atomic E-state index is 0.368. The molecule has 2 atom stereocenters. The molecule has 0 aliphatic heterocycles. The molecule has 0 N–H and O–H groups in total. The topological polar surface area (TPSA) is 0 Å². The molecule has 9 heavy (non-hydrogen) atoms. The number of rotatable bonds is 0. The van der Waals surface area contributed by atoms with Gasteiger partial charge in [0, 0.05) is 15.0 Å². The fourth-order valence-corrected chi connectivity index (χ4v) is 4.29. The Hall–Kier alpha value is 1.25. The van der Waals surface area contributed by atoms with Crippen LogP contribution in [0.15, 0.2) is 0 Å². The first-order chi connectivity index (χ1) is 4.18. The molecule has 0 nitrogen and oxygen atoms in total. The lowest BCUT2D eigenvalue weighted by molar-refractivity contribution is 0.546. The molecule has 54 valence electrons. The minimum Gasteiger partial charge on any atom is -0.123 e. The van der Waals surface area contributed by atoms with E-state index in [0.717, 1.165) is 12.8 Å². The van der Waals surface area contributed by atoms with Gasteiger partial charge in [0.05, 0.1) is 0 Å². The maximum absolute atomic E-state index is 5.95. The Bertz CT molecular complexity index is 72.0. The summed E-state index contributed by atoms with van der Waals surface area (Å²) in [4.78, 5) is 1.25. The number of hydrogen-bond donors (Lipinski definition) is 0. The maximum Gasteiger partial charge on any atom is 0.0357 e. The second kappa shape index (κ2) is 3.59. The summed E-state index contributed by atoms with van der Waals surface area (Å²) in [5.74, 6) is 0. The second-order valence-electron chi connectivity index (χ2n) is 2.50. The molecule has 0 saturated heterocycles. The lowest BCUT2D eigenvalue weighted by Gasteiger charge is -2.24. The van der Waals surface area contributed by atoms with E-state index in [9.17, 15) is 0 Å². The van der Waals surface area contributed by atoms with Crippen molar-refractivity contribution in [3.05, 3.63) is 0 Å². The van der Waals surface area contributed by atoms with E-state index in [0.29, 0.717) is 15.0 Å². The standard InChI is InChI=1S/C6H9Br2Cl/c7-4-1-5(8)3-6(9)2-4/h4-6H,1-3H2. The molecule has 3 heteroatoms. The lowest BCUT2D eigenvalue weighted by atomic mass is 10.0. The lowest BCUT2D eigenvalue weighted by Crippen LogP contribution is -2.22. The van der Waals surface area contributed by atoms with Crippen LogP contribution in [0.25, 0.3) is 0 Å². The molecule has 0 radical (unpaired) electrons. The van der Waals surface area contributed by atoms with E-state index in [1.165, 1.54) is 6.42 Å². The SMILES string of the molecule is ClC1CC(Br)CC(Br)C1. The van der Waals surface area contributed by atoms with E-state index in [2.05, 4.69) is 31.9 Å². The summed E-state index contributed by atoms with van der Waals surface area (Å²) in [5.41, 5.74) is 0. The van der Waals surface area contributed by atoms with Crippen LogP contribution in [0.1, 0.15) is 19.3 Å². The zero-order chi connectivity index (χ0) is 6.85. The predicted octanol–water partition coefficient (Wildman–Crippen LogP) is 3.30. The van der Waals surface area contributed by atoms with Gasteiger partial charge in [-0.3, -0.25) is 0 Å². The Morgan fingerprint density at radius 1 is 1.00 bits per heavy atom. The zero-order valence-electron chi connectivity index (χ0n) is 4.99. The zero-order valence-corrected chi connectivity index (χ0v) is 8.92. The third-order valence-corrected chi connectivity index (χ3v) is 3.39. The Morgan fingerprint density at radius 3 is 1.78 bits per heavy atom. The van der Waals surface area contributed by atoms with Crippen LogP contribution in [-0.4, -0.2) is 15.0 Å². The van der Waals surface area contributed by atoms with Gasteiger partial charge >= 0.3 is 0 Å². The summed E-state index contributed by atoms with van der Waals surface area (Å²) in [6, 6.07) is 0. The average Bonchev–Trinajstić information content (AvgIpc) is 1.59. The maximum atomic E-state index is 5.95. The quantitative estimate of drug-likeness (QED) is 0.596.